The smallest absolute Gasteiger partial charge is 0.227 e. The molecular formula is C28H29N3O2. The molecule has 0 bridgehead atoms. The number of amides is 1. The molecule has 0 aliphatic carbocycles. The highest BCUT2D eigenvalue weighted by Gasteiger charge is 2.34. The lowest BCUT2D eigenvalue weighted by atomic mass is 10.1. The van der Waals surface area contributed by atoms with Crippen LogP contribution in [-0.2, 0) is 11.3 Å². The number of fused-ring (bicyclic) bond motifs is 1. The minimum Gasteiger partial charge on any atom is -0.491 e. The zero-order valence-corrected chi connectivity index (χ0v) is 19.4. The van der Waals surface area contributed by atoms with E-state index in [2.05, 4.69) is 61.7 Å². The summed E-state index contributed by atoms with van der Waals surface area (Å²) < 4.78 is 8.39. The van der Waals surface area contributed by atoms with Crippen LogP contribution in [0.1, 0.15) is 34.9 Å². The highest BCUT2D eigenvalue weighted by Crippen LogP contribution is 2.33. The molecule has 1 amide bonds. The molecule has 5 rings (SSSR count). The molecule has 1 fully saturated rings. The number of para-hydroxylation sites is 2. The Hall–Kier alpha value is -3.60. The second-order valence-electron chi connectivity index (χ2n) is 8.97. The Bertz CT molecular complexity index is 1310. The molecule has 0 radical (unpaired) electrons. The molecule has 1 atom stereocenters. The Balaban J connectivity index is 1.40. The van der Waals surface area contributed by atoms with Crippen molar-refractivity contribution in [3.8, 4) is 5.75 Å². The first-order chi connectivity index (χ1) is 16.0. The molecule has 1 aliphatic rings. The SMILES string of the molecule is Cc1ccc(N2CC(c3nc4ccccc4n3CCOc3cc(C)ccc3C)CC2=O)cc1. The molecule has 168 valence electrons. The third-order valence-corrected chi connectivity index (χ3v) is 6.44. The van der Waals surface area contributed by atoms with E-state index in [9.17, 15) is 4.79 Å². The number of nitrogens with zero attached hydrogens (tertiary/aromatic N) is 3. The topological polar surface area (TPSA) is 47.4 Å². The molecule has 1 saturated heterocycles. The molecular weight excluding hydrogens is 410 g/mol. The third-order valence-electron chi connectivity index (χ3n) is 6.44. The average Bonchev–Trinajstić information content (AvgIpc) is 3.37. The van der Waals surface area contributed by atoms with E-state index < -0.39 is 0 Å². The number of benzene rings is 3. The van der Waals surface area contributed by atoms with Crippen molar-refractivity contribution in [2.24, 2.45) is 0 Å². The first-order valence-electron chi connectivity index (χ1n) is 11.5. The minimum atomic E-state index is 0.0481. The second-order valence-corrected chi connectivity index (χ2v) is 8.97. The Kier molecular flexibility index (Phi) is 5.63. The molecule has 5 nitrogen and oxygen atoms in total. The van der Waals surface area contributed by atoms with Gasteiger partial charge < -0.3 is 14.2 Å². The molecule has 1 aliphatic heterocycles. The standard InChI is InChI=1S/C28H29N3O2/c1-19-9-12-23(13-10-19)31-18-22(17-27(31)32)28-29-24-6-4-5-7-25(24)30(28)14-15-33-26-16-20(2)8-11-21(26)3/h4-13,16,22H,14-15,17-18H2,1-3H3. The van der Waals surface area contributed by atoms with Crippen molar-refractivity contribution in [1.82, 2.24) is 9.55 Å². The predicted octanol–water partition coefficient (Wildman–Crippen LogP) is 5.56. The monoisotopic (exact) mass is 439 g/mol. The fraction of sp³-hybridized carbons (Fsp3) is 0.286. The zero-order chi connectivity index (χ0) is 22.9. The van der Waals surface area contributed by atoms with Crippen LogP contribution in [-0.4, -0.2) is 28.6 Å². The van der Waals surface area contributed by atoms with Gasteiger partial charge in [-0.15, -0.1) is 0 Å². The van der Waals surface area contributed by atoms with Crippen molar-refractivity contribution in [3.63, 3.8) is 0 Å². The van der Waals surface area contributed by atoms with Crippen molar-refractivity contribution < 1.29 is 9.53 Å². The van der Waals surface area contributed by atoms with Gasteiger partial charge in [0.2, 0.25) is 5.91 Å². The average molecular weight is 440 g/mol. The third kappa shape index (κ3) is 4.23. The highest BCUT2D eigenvalue weighted by atomic mass is 16.5. The minimum absolute atomic E-state index is 0.0481. The lowest BCUT2D eigenvalue weighted by Crippen LogP contribution is -2.24. The molecule has 3 aromatic carbocycles. The molecule has 1 aromatic heterocycles. The number of aryl methyl sites for hydroxylation is 3. The molecule has 0 N–H and O–H groups in total. The van der Waals surface area contributed by atoms with Crippen LogP contribution in [0.25, 0.3) is 11.0 Å². The van der Waals surface area contributed by atoms with E-state index in [1.165, 1.54) is 11.1 Å². The highest BCUT2D eigenvalue weighted by molar-refractivity contribution is 5.96. The van der Waals surface area contributed by atoms with Crippen molar-refractivity contribution in [3.05, 3.63) is 89.2 Å². The number of anilines is 1. The largest absolute Gasteiger partial charge is 0.491 e. The van der Waals surface area contributed by atoms with E-state index in [4.69, 9.17) is 9.72 Å². The summed E-state index contributed by atoms with van der Waals surface area (Å²) in [5.74, 6) is 2.08. The Morgan fingerprint density at radius 3 is 2.55 bits per heavy atom. The molecule has 5 heteroatoms. The van der Waals surface area contributed by atoms with Gasteiger partial charge in [0.1, 0.15) is 18.2 Å². The summed E-state index contributed by atoms with van der Waals surface area (Å²) >= 11 is 0. The molecule has 0 spiro atoms. The Labute approximate surface area is 194 Å². The number of ether oxygens (including phenoxy) is 1. The summed E-state index contributed by atoms with van der Waals surface area (Å²) in [6.45, 7) is 8.06. The van der Waals surface area contributed by atoms with E-state index in [0.29, 0.717) is 26.1 Å². The first kappa shape index (κ1) is 21.3. The van der Waals surface area contributed by atoms with E-state index in [-0.39, 0.29) is 11.8 Å². The van der Waals surface area contributed by atoms with Crippen molar-refractivity contribution >= 4 is 22.6 Å². The van der Waals surface area contributed by atoms with Crippen molar-refractivity contribution in [2.45, 2.75) is 39.7 Å². The number of carbonyl (C=O) groups excluding carboxylic acids is 1. The maximum Gasteiger partial charge on any atom is 0.227 e. The van der Waals surface area contributed by atoms with Crippen molar-refractivity contribution in [2.75, 3.05) is 18.1 Å². The van der Waals surface area contributed by atoms with Crippen LogP contribution in [0.3, 0.4) is 0 Å². The lowest BCUT2D eigenvalue weighted by Gasteiger charge is -2.18. The summed E-state index contributed by atoms with van der Waals surface area (Å²) in [6.07, 6.45) is 0.467. The molecule has 4 aromatic rings. The summed E-state index contributed by atoms with van der Waals surface area (Å²) in [4.78, 5) is 19.7. The van der Waals surface area contributed by atoms with E-state index in [0.717, 1.165) is 33.9 Å². The number of rotatable bonds is 6. The van der Waals surface area contributed by atoms with E-state index >= 15 is 0 Å². The van der Waals surface area contributed by atoms with Crippen LogP contribution in [0, 0.1) is 20.8 Å². The van der Waals surface area contributed by atoms with Gasteiger partial charge in [-0.1, -0.05) is 42.0 Å². The van der Waals surface area contributed by atoms with Gasteiger partial charge >= 0.3 is 0 Å². The van der Waals surface area contributed by atoms with Crippen LogP contribution in [0.15, 0.2) is 66.7 Å². The van der Waals surface area contributed by atoms with Gasteiger partial charge in [0.15, 0.2) is 0 Å². The van der Waals surface area contributed by atoms with Gasteiger partial charge in [-0.3, -0.25) is 4.79 Å². The number of imidazole rings is 1. The van der Waals surface area contributed by atoms with Gasteiger partial charge in [-0.05, 0) is 62.2 Å². The van der Waals surface area contributed by atoms with Crippen LogP contribution in [0.4, 0.5) is 5.69 Å². The number of hydrogen-bond acceptors (Lipinski definition) is 3. The van der Waals surface area contributed by atoms with Gasteiger partial charge in [0.05, 0.1) is 17.6 Å². The molecule has 1 unspecified atom stereocenters. The molecule has 33 heavy (non-hydrogen) atoms. The maximum absolute atomic E-state index is 12.9. The second kappa shape index (κ2) is 8.74. The molecule has 2 heterocycles. The predicted molar refractivity (Wildman–Crippen MR) is 132 cm³/mol. The van der Waals surface area contributed by atoms with Crippen LogP contribution < -0.4 is 9.64 Å². The van der Waals surface area contributed by atoms with Gasteiger partial charge in [0, 0.05) is 24.6 Å². The number of hydrogen-bond donors (Lipinski definition) is 0. The lowest BCUT2D eigenvalue weighted by molar-refractivity contribution is -0.117. The first-order valence-corrected chi connectivity index (χ1v) is 11.5. The quantitative estimate of drug-likeness (QED) is 0.395. The zero-order valence-electron chi connectivity index (χ0n) is 19.4. The van der Waals surface area contributed by atoms with Crippen molar-refractivity contribution in [1.29, 1.82) is 0 Å². The van der Waals surface area contributed by atoms with Gasteiger partial charge in [-0.2, -0.15) is 0 Å². The summed E-state index contributed by atoms with van der Waals surface area (Å²) in [6, 6.07) is 22.6. The van der Waals surface area contributed by atoms with E-state index in [1.54, 1.807) is 0 Å². The Morgan fingerprint density at radius 1 is 0.970 bits per heavy atom. The summed E-state index contributed by atoms with van der Waals surface area (Å²) in [5.41, 5.74) is 6.50. The maximum atomic E-state index is 12.9. The fourth-order valence-electron chi connectivity index (χ4n) is 4.61. The van der Waals surface area contributed by atoms with Crippen LogP contribution in [0.5, 0.6) is 5.75 Å². The number of carbonyl (C=O) groups is 1. The summed E-state index contributed by atoms with van der Waals surface area (Å²) in [5, 5.41) is 0. The Morgan fingerprint density at radius 2 is 1.73 bits per heavy atom. The van der Waals surface area contributed by atoms with Gasteiger partial charge in [-0.25, -0.2) is 4.98 Å². The molecule has 0 saturated carbocycles. The van der Waals surface area contributed by atoms with E-state index in [1.807, 2.05) is 35.2 Å². The summed E-state index contributed by atoms with van der Waals surface area (Å²) in [7, 11) is 0. The van der Waals surface area contributed by atoms with Crippen LogP contribution in [0.2, 0.25) is 0 Å². The fourth-order valence-corrected chi connectivity index (χ4v) is 4.61. The van der Waals surface area contributed by atoms with Crippen LogP contribution >= 0.6 is 0 Å². The van der Waals surface area contributed by atoms with Gasteiger partial charge in [0.25, 0.3) is 0 Å². The number of aromatic nitrogens is 2. The normalized spacial score (nSPS) is 16.0.